The molecule has 0 bridgehead atoms. The standard InChI is InChI=1S/C30H30ClN3O2/c31-23-17-15-22(16-18-23)28(29(35)33-24-11-5-2-6-12-24)34(20-21-9-3-1-4-10-21)30(36)26-19-32-27-14-8-7-13-25(26)27/h1,3-4,7-10,13-19,24,28,32H,2,5-6,11-12,20H2,(H,33,35). The summed E-state index contributed by atoms with van der Waals surface area (Å²) in [4.78, 5) is 33.0. The topological polar surface area (TPSA) is 65.2 Å². The minimum absolute atomic E-state index is 0.128. The molecule has 0 saturated heterocycles. The quantitative estimate of drug-likeness (QED) is 0.299. The van der Waals surface area contributed by atoms with E-state index in [0.717, 1.165) is 47.7 Å². The predicted molar refractivity (Wildman–Crippen MR) is 144 cm³/mol. The van der Waals surface area contributed by atoms with E-state index < -0.39 is 6.04 Å². The highest BCUT2D eigenvalue weighted by molar-refractivity contribution is 6.30. The van der Waals surface area contributed by atoms with E-state index in [2.05, 4.69) is 10.3 Å². The predicted octanol–water partition coefficient (Wildman–Crippen LogP) is 6.65. The first-order chi connectivity index (χ1) is 17.6. The summed E-state index contributed by atoms with van der Waals surface area (Å²) in [6, 6.07) is 24.1. The molecule has 2 N–H and O–H groups in total. The molecule has 1 aliphatic carbocycles. The number of aromatic nitrogens is 1. The summed E-state index contributed by atoms with van der Waals surface area (Å²) < 4.78 is 0. The zero-order valence-corrected chi connectivity index (χ0v) is 20.9. The highest BCUT2D eigenvalue weighted by atomic mass is 35.5. The highest BCUT2D eigenvalue weighted by Gasteiger charge is 2.34. The van der Waals surface area contributed by atoms with Gasteiger partial charge in [0.1, 0.15) is 6.04 Å². The van der Waals surface area contributed by atoms with Crippen LogP contribution < -0.4 is 5.32 Å². The van der Waals surface area contributed by atoms with Crippen LogP contribution in [0.4, 0.5) is 0 Å². The van der Waals surface area contributed by atoms with E-state index >= 15 is 0 Å². The first-order valence-corrected chi connectivity index (χ1v) is 12.9. The fourth-order valence-electron chi connectivity index (χ4n) is 5.11. The molecule has 6 heteroatoms. The van der Waals surface area contributed by atoms with Gasteiger partial charge in [-0.25, -0.2) is 0 Å². The average molecular weight is 500 g/mol. The molecule has 3 aromatic carbocycles. The average Bonchev–Trinajstić information content (AvgIpc) is 3.34. The summed E-state index contributed by atoms with van der Waals surface area (Å²) in [6.07, 6.45) is 7.09. The molecule has 5 nitrogen and oxygen atoms in total. The molecule has 0 aliphatic heterocycles. The van der Waals surface area contributed by atoms with E-state index in [4.69, 9.17) is 11.6 Å². The maximum Gasteiger partial charge on any atom is 0.257 e. The number of hydrogen-bond donors (Lipinski definition) is 2. The van der Waals surface area contributed by atoms with E-state index in [9.17, 15) is 9.59 Å². The van der Waals surface area contributed by atoms with E-state index in [1.54, 1.807) is 23.2 Å². The third kappa shape index (κ3) is 5.31. The minimum atomic E-state index is -0.800. The van der Waals surface area contributed by atoms with Gasteiger partial charge in [0.05, 0.1) is 5.56 Å². The zero-order chi connectivity index (χ0) is 24.9. The zero-order valence-electron chi connectivity index (χ0n) is 20.1. The van der Waals surface area contributed by atoms with Gasteiger partial charge in [0.25, 0.3) is 5.91 Å². The molecule has 4 aromatic rings. The third-order valence-corrected chi connectivity index (χ3v) is 7.23. The summed E-state index contributed by atoms with van der Waals surface area (Å²) in [5, 5.41) is 4.68. The van der Waals surface area contributed by atoms with Crippen LogP contribution in [0, 0.1) is 0 Å². The van der Waals surface area contributed by atoms with E-state index in [0.29, 0.717) is 17.1 Å². The van der Waals surface area contributed by atoms with Crippen LogP contribution in [0.5, 0.6) is 0 Å². The van der Waals surface area contributed by atoms with Crippen LogP contribution in [0.25, 0.3) is 10.9 Å². The largest absolute Gasteiger partial charge is 0.360 e. The molecule has 1 saturated carbocycles. The van der Waals surface area contributed by atoms with Gasteiger partial charge in [0, 0.05) is 34.7 Å². The fourth-order valence-corrected chi connectivity index (χ4v) is 5.23. The summed E-state index contributed by atoms with van der Waals surface area (Å²) in [6.45, 7) is 0.296. The van der Waals surface area contributed by atoms with Gasteiger partial charge in [-0.15, -0.1) is 0 Å². The number of nitrogens with zero attached hydrogens (tertiary/aromatic N) is 1. The van der Waals surface area contributed by atoms with Crippen molar-refractivity contribution in [3.05, 3.63) is 107 Å². The van der Waals surface area contributed by atoms with Crippen molar-refractivity contribution < 1.29 is 9.59 Å². The third-order valence-electron chi connectivity index (χ3n) is 6.97. The van der Waals surface area contributed by atoms with Crippen molar-refractivity contribution in [2.75, 3.05) is 0 Å². The second-order valence-electron chi connectivity index (χ2n) is 9.46. The number of nitrogens with one attached hydrogen (secondary N) is 2. The number of carbonyl (C=O) groups excluding carboxylic acids is 2. The Bertz CT molecular complexity index is 1330. The van der Waals surface area contributed by atoms with Gasteiger partial charge in [-0.05, 0) is 42.2 Å². The molecule has 1 aromatic heterocycles. The minimum Gasteiger partial charge on any atom is -0.360 e. The number of benzene rings is 3. The van der Waals surface area contributed by atoms with Crippen molar-refractivity contribution >= 4 is 34.3 Å². The highest BCUT2D eigenvalue weighted by Crippen LogP contribution is 2.30. The monoisotopic (exact) mass is 499 g/mol. The Hall–Kier alpha value is -3.57. The van der Waals surface area contributed by atoms with Gasteiger partial charge >= 0.3 is 0 Å². The molecule has 0 radical (unpaired) electrons. The lowest BCUT2D eigenvalue weighted by Crippen LogP contribution is -2.46. The maximum absolute atomic E-state index is 14.2. The summed E-state index contributed by atoms with van der Waals surface area (Å²) in [5.41, 5.74) is 3.12. The normalized spacial score (nSPS) is 14.9. The molecular formula is C30H30ClN3O2. The van der Waals surface area contributed by atoms with Crippen molar-refractivity contribution in [3.8, 4) is 0 Å². The van der Waals surface area contributed by atoms with Gasteiger partial charge < -0.3 is 15.2 Å². The molecule has 5 rings (SSSR count). The molecule has 1 fully saturated rings. The van der Waals surface area contributed by atoms with E-state index in [1.807, 2.05) is 66.7 Å². The van der Waals surface area contributed by atoms with Crippen LogP contribution in [0.15, 0.2) is 85.1 Å². The summed E-state index contributed by atoms with van der Waals surface area (Å²) in [7, 11) is 0. The van der Waals surface area contributed by atoms with Crippen molar-refractivity contribution in [2.24, 2.45) is 0 Å². The van der Waals surface area contributed by atoms with E-state index in [1.165, 1.54) is 6.42 Å². The first-order valence-electron chi connectivity index (χ1n) is 12.6. The maximum atomic E-state index is 14.2. The number of H-pyrrole nitrogens is 1. The Morgan fingerprint density at radius 1 is 0.917 bits per heavy atom. The van der Waals surface area contributed by atoms with E-state index in [-0.39, 0.29) is 17.9 Å². The van der Waals surface area contributed by atoms with Crippen LogP contribution >= 0.6 is 11.6 Å². The van der Waals surface area contributed by atoms with Crippen LogP contribution in [0.3, 0.4) is 0 Å². The number of aromatic amines is 1. The molecule has 1 unspecified atom stereocenters. The number of rotatable bonds is 7. The lowest BCUT2D eigenvalue weighted by Gasteiger charge is -2.33. The molecule has 36 heavy (non-hydrogen) atoms. The number of halogens is 1. The molecule has 184 valence electrons. The Morgan fingerprint density at radius 3 is 2.36 bits per heavy atom. The van der Waals surface area contributed by atoms with Gasteiger partial charge in [0.2, 0.25) is 5.91 Å². The second kappa shape index (κ2) is 11.0. The second-order valence-corrected chi connectivity index (χ2v) is 9.90. The molecule has 1 aliphatic rings. The van der Waals surface area contributed by atoms with Crippen molar-refractivity contribution in [1.82, 2.24) is 15.2 Å². The van der Waals surface area contributed by atoms with Gasteiger partial charge in [-0.2, -0.15) is 0 Å². The first kappa shape index (κ1) is 24.1. The van der Waals surface area contributed by atoms with Gasteiger partial charge in [0.15, 0.2) is 0 Å². The smallest absolute Gasteiger partial charge is 0.257 e. The Balaban J connectivity index is 1.57. The Labute approximate surface area is 216 Å². The van der Waals surface area contributed by atoms with Crippen LogP contribution in [0.1, 0.15) is 59.6 Å². The lowest BCUT2D eigenvalue weighted by atomic mass is 9.94. The van der Waals surface area contributed by atoms with Crippen molar-refractivity contribution in [2.45, 2.75) is 50.7 Å². The van der Waals surface area contributed by atoms with Crippen LogP contribution in [0.2, 0.25) is 5.02 Å². The number of fused-ring (bicyclic) bond motifs is 1. The number of carbonyl (C=O) groups is 2. The number of para-hydroxylation sites is 1. The van der Waals surface area contributed by atoms with Gasteiger partial charge in [-0.1, -0.05) is 91.5 Å². The lowest BCUT2D eigenvalue weighted by molar-refractivity contribution is -0.127. The molecule has 1 atom stereocenters. The molecule has 1 heterocycles. The molecule has 0 spiro atoms. The van der Waals surface area contributed by atoms with Crippen molar-refractivity contribution in [3.63, 3.8) is 0 Å². The Kier molecular flexibility index (Phi) is 7.38. The SMILES string of the molecule is O=C(NC1CCCCC1)C(c1ccc(Cl)cc1)N(Cc1ccccc1)C(=O)c1c[nH]c2ccccc12. The van der Waals surface area contributed by atoms with Crippen LogP contribution in [-0.4, -0.2) is 27.7 Å². The van der Waals surface area contributed by atoms with Crippen LogP contribution in [-0.2, 0) is 11.3 Å². The summed E-state index contributed by atoms with van der Waals surface area (Å²) in [5.74, 6) is -0.358. The van der Waals surface area contributed by atoms with Gasteiger partial charge in [-0.3, -0.25) is 9.59 Å². The molecule has 2 amide bonds. The Morgan fingerprint density at radius 2 is 1.61 bits per heavy atom. The summed E-state index contributed by atoms with van der Waals surface area (Å²) >= 11 is 6.18. The number of hydrogen-bond acceptors (Lipinski definition) is 2. The fraction of sp³-hybridized carbons (Fsp3) is 0.267. The van der Waals surface area contributed by atoms with Crippen molar-refractivity contribution in [1.29, 1.82) is 0 Å². The number of amides is 2. The molecular weight excluding hydrogens is 470 g/mol.